The molecule has 3 aromatic heterocycles. The molecule has 3 aromatic carbocycles. The van der Waals surface area contributed by atoms with Crippen molar-refractivity contribution >= 4 is 48.9 Å². The van der Waals surface area contributed by atoms with Crippen LogP contribution in [0.4, 0.5) is 0 Å². The van der Waals surface area contributed by atoms with Crippen LogP contribution in [-0.4, -0.2) is 0 Å². The van der Waals surface area contributed by atoms with E-state index in [1.54, 1.807) is 0 Å². The molecule has 1 heteroatoms. The first-order valence-corrected chi connectivity index (χ1v) is 6.97. The SMILES string of the molecule is c1cc2ccc3ccc4ccc5ccc1c1c2c3[n+]4c51. The van der Waals surface area contributed by atoms with Gasteiger partial charge in [0, 0.05) is 22.9 Å². The average molecular weight is 252 g/mol. The maximum absolute atomic E-state index is 2.44. The van der Waals surface area contributed by atoms with Crippen LogP contribution in [0, 0.1) is 0 Å². The predicted molar refractivity (Wildman–Crippen MR) is 83.2 cm³/mol. The Hall–Kier alpha value is -2.67. The highest BCUT2D eigenvalue weighted by Gasteiger charge is 2.26. The summed E-state index contributed by atoms with van der Waals surface area (Å²) >= 11 is 0. The quantitative estimate of drug-likeness (QED) is 0.279. The van der Waals surface area contributed by atoms with Gasteiger partial charge in [0.15, 0.2) is 0 Å². The second-order valence-corrected chi connectivity index (χ2v) is 5.70. The number of hydrogen-bond donors (Lipinski definition) is 0. The molecular weight excluding hydrogens is 242 g/mol. The van der Waals surface area contributed by atoms with E-state index in [1.807, 2.05) is 0 Å². The summed E-state index contributed by atoms with van der Waals surface area (Å²) in [5.74, 6) is 0. The Kier molecular flexibility index (Phi) is 1.28. The van der Waals surface area contributed by atoms with Crippen LogP contribution in [0.1, 0.15) is 0 Å². The maximum Gasteiger partial charge on any atom is 0.227 e. The van der Waals surface area contributed by atoms with Gasteiger partial charge in [-0.05, 0) is 35.0 Å². The van der Waals surface area contributed by atoms with Crippen molar-refractivity contribution in [1.29, 1.82) is 0 Å². The third kappa shape index (κ3) is 0.810. The van der Waals surface area contributed by atoms with Crippen LogP contribution >= 0.6 is 0 Å². The zero-order valence-corrected chi connectivity index (χ0v) is 10.7. The summed E-state index contributed by atoms with van der Waals surface area (Å²) in [6, 6.07) is 22.4. The third-order valence-corrected chi connectivity index (χ3v) is 4.75. The molecule has 1 nitrogen and oxygen atoms in total. The predicted octanol–water partition coefficient (Wildman–Crippen LogP) is 4.35. The molecule has 6 rings (SSSR count). The molecule has 0 aliphatic carbocycles. The minimum atomic E-state index is 1.28. The first-order chi connectivity index (χ1) is 9.92. The fourth-order valence-corrected chi connectivity index (χ4v) is 3.90. The normalized spacial score (nSPS) is 13.0. The highest BCUT2D eigenvalue weighted by molar-refractivity contribution is 6.27. The summed E-state index contributed by atoms with van der Waals surface area (Å²) < 4.78 is 2.44. The molecule has 0 radical (unpaired) electrons. The van der Waals surface area contributed by atoms with Gasteiger partial charge in [-0.3, -0.25) is 0 Å². The lowest BCUT2D eigenvalue weighted by molar-refractivity contribution is -0.446. The molecule has 0 N–H and O–H groups in total. The van der Waals surface area contributed by atoms with Gasteiger partial charge >= 0.3 is 0 Å². The summed E-state index contributed by atoms with van der Waals surface area (Å²) in [7, 11) is 0. The van der Waals surface area contributed by atoms with Crippen LogP contribution in [0.15, 0.2) is 60.7 Å². The van der Waals surface area contributed by atoms with E-state index in [4.69, 9.17) is 0 Å². The van der Waals surface area contributed by atoms with Crippen molar-refractivity contribution in [3.63, 3.8) is 0 Å². The fraction of sp³-hybridized carbons (Fsp3) is 0. The van der Waals surface area contributed by atoms with E-state index in [-0.39, 0.29) is 0 Å². The van der Waals surface area contributed by atoms with Crippen LogP contribution in [-0.2, 0) is 0 Å². The molecule has 0 atom stereocenters. The van der Waals surface area contributed by atoms with Gasteiger partial charge in [-0.1, -0.05) is 24.3 Å². The molecule has 20 heavy (non-hydrogen) atoms. The molecule has 6 aromatic rings. The first kappa shape index (κ1) is 9.27. The zero-order valence-electron chi connectivity index (χ0n) is 10.7. The second kappa shape index (κ2) is 2.75. The average Bonchev–Trinajstić information content (AvgIpc) is 2.88. The summed E-state index contributed by atoms with van der Waals surface area (Å²) in [6.45, 7) is 0. The molecule has 0 aliphatic heterocycles. The molecule has 0 aliphatic rings. The molecule has 0 unspecified atom stereocenters. The molecular formula is C19H10N+. The van der Waals surface area contributed by atoms with Crippen LogP contribution in [0.25, 0.3) is 48.9 Å². The van der Waals surface area contributed by atoms with Gasteiger partial charge in [-0.2, -0.15) is 4.40 Å². The van der Waals surface area contributed by atoms with Gasteiger partial charge in [0.05, 0.1) is 10.8 Å². The van der Waals surface area contributed by atoms with Gasteiger partial charge in [-0.15, -0.1) is 0 Å². The van der Waals surface area contributed by atoms with Gasteiger partial charge in [0.1, 0.15) is 0 Å². The Morgan fingerprint density at radius 1 is 0.450 bits per heavy atom. The number of aromatic nitrogens is 1. The summed E-state index contributed by atoms with van der Waals surface area (Å²) in [6.07, 6.45) is 0. The first-order valence-electron chi connectivity index (χ1n) is 6.97. The lowest BCUT2D eigenvalue weighted by atomic mass is 10.00. The van der Waals surface area contributed by atoms with Gasteiger partial charge in [0.2, 0.25) is 16.6 Å². The highest BCUT2D eigenvalue weighted by atomic mass is 14.9. The Morgan fingerprint density at radius 2 is 0.850 bits per heavy atom. The van der Waals surface area contributed by atoms with E-state index >= 15 is 0 Å². The van der Waals surface area contributed by atoms with Crippen molar-refractivity contribution in [2.45, 2.75) is 0 Å². The van der Waals surface area contributed by atoms with Gasteiger partial charge < -0.3 is 0 Å². The van der Waals surface area contributed by atoms with Crippen molar-refractivity contribution in [2.75, 3.05) is 0 Å². The minimum Gasteiger partial charge on any atom is -0.152 e. The molecule has 0 saturated carbocycles. The standard InChI is InChI=1S/C19H10N/c1-2-12-4-6-14-8-10-15-9-7-13-5-3-11(1)16-17(12)19(14)20(15)18(13)16/h1-10H/q+1. The number of pyridine rings is 2. The Morgan fingerprint density at radius 3 is 1.35 bits per heavy atom. The smallest absolute Gasteiger partial charge is 0.152 e. The largest absolute Gasteiger partial charge is 0.227 e. The fourth-order valence-electron chi connectivity index (χ4n) is 3.90. The summed E-state index contributed by atoms with van der Waals surface area (Å²) in [5, 5.41) is 8.17. The van der Waals surface area contributed by atoms with E-state index < -0.39 is 0 Å². The number of benzene rings is 3. The van der Waals surface area contributed by atoms with E-state index in [0.29, 0.717) is 0 Å². The molecule has 0 bridgehead atoms. The molecule has 90 valence electrons. The molecule has 0 saturated heterocycles. The second-order valence-electron chi connectivity index (χ2n) is 5.70. The lowest BCUT2D eigenvalue weighted by Gasteiger charge is -1.98. The van der Waals surface area contributed by atoms with E-state index in [2.05, 4.69) is 65.1 Å². The Balaban J connectivity index is 2.27. The van der Waals surface area contributed by atoms with Crippen molar-refractivity contribution in [1.82, 2.24) is 0 Å². The van der Waals surface area contributed by atoms with Crippen molar-refractivity contribution < 1.29 is 4.40 Å². The summed E-state index contributed by atoms with van der Waals surface area (Å²) in [5.41, 5.74) is 4.02. The van der Waals surface area contributed by atoms with E-state index in [1.165, 1.54) is 48.9 Å². The minimum absolute atomic E-state index is 1.28. The zero-order chi connectivity index (χ0) is 12.8. The topological polar surface area (TPSA) is 4.10 Å². The van der Waals surface area contributed by atoms with Gasteiger partial charge in [0.25, 0.3) is 0 Å². The van der Waals surface area contributed by atoms with Crippen LogP contribution in [0.5, 0.6) is 0 Å². The maximum atomic E-state index is 2.44. The number of hydrogen-bond acceptors (Lipinski definition) is 0. The Labute approximate surface area is 114 Å². The van der Waals surface area contributed by atoms with Crippen LogP contribution in [0.2, 0.25) is 0 Å². The highest BCUT2D eigenvalue weighted by Crippen LogP contribution is 2.38. The van der Waals surface area contributed by atoms with Crippen LogP contribution in [0.3, 0.4) is 0 Å². The number of nitrogens with zero attached hydrogens (tertiary/aromatic N) is 1. The van der Waals surface area contributed by atoms with E-state index in [9.17, 15) is 0 Å². The molecule has 0 spiro atoms. The van der Waals surface area contributed by atoms with Crippen molar-refractivity contribution in [2.24, 2.45) is 0 Å². The molecule has 0 fully saturated rings. The van der Waals surface area contributed by atoms with Crippen molar-refractivity contribution in [3.8, 4) is 0 Å². The monoisotopic (exact) mass is 252 g/mol. The Bertz CT molecular complexity index is 930. The third-order valence-electron chi connectivity index (χ3n) is 4.75. The van der Waals surface area contributed by atoms with Crippen LogP contribution < -0.4 is 4.40 Å². The molecule has 3 heterocycles. The number of rotatable bonds is 0. The lowest BCUT2D eigenvalue weighted by Crippen LogP contribution is -2.21. The van der Waals surface area contributed by atoms with E-state index in [0.717, 1.165) is 0 Å². The summed E-state index contributed by atoms with van der Waals surface area (Å²) in [4.78, 5) is 0. The van der Waals surface area contributed by atoms with Gasteiger partial charge in [-0.25, -0.2) is 0 Å². The molecule has 0 amide bonds. The van der Waals surface area contributed by atoms with Crippen molar-refractivity contribution in [3.05, 3.63) is 60.7 Å².